The van der Waals surface area contributed by atoms with Crippen molar-refractivity contribution in [3.05, 3.63) is 35.2 Å². The van der Waals surface area contributed by atoms with E-state index < -0.39 is 47.3 Å². The maximum Gasteiger partial charge on any atom is 0.422 e. The molecule has 0 bridgehead atoms. The molecule has 0 aliphatic carbocycles. The van der Waals surface area contributed by atoms with Crippen LogP contribution in [0.15, 0.2) is 18.3 Å². The zero-order chi connectivity index (χ0) is 22.6. The van der Waals surface area contributed by atoms with Gasteiger partial charge in [0.2, 0.25) is 5.91 Å². The summed E-state index contributed by atoms with van der Waals surface area (Å²) in [6.45, 7) is 0.654. The number of nitrogens with zero attached hydrogens (tertiary/aromatic N) is 3. The molecular formula is C18H17F6N5O2. The summed E-state index contributed by atoms with van der Waals surface area (Å²) in [4.78, 5) is 17.2. The van der Waals surface area contributed by atoms with Crippen molar-refractivity contribution in [1.29, 1.82) is 0 Å². The predicted molar refractivity (Wildman–Crippen MR) is 95.2 cm³/mol. The molecule has 1 fully saturated rings. The van der Waals surface area contributed by atoms with Crippen LogP contribution in [0, 0.1) is 0 Å². The fourth-order valence-corrected chi connectivity index (χ4v) is 4.04. The Hall–Kier alpha value is -2.83. The highest BCUT2D eigenvalue weighted by atomic mass is 19.4. The van der Waals surface area contributed by atoms with Crippen molar-refractivity contribution in [2.45, 2.75) is 43.1 Å². The van der Waals surface area contributed by atoms with Gasteiger partial charge in [-0.2, -0.15) is 31.4 Å². The molecule has 4 heterocycles. The van der Waals surface area contributed by atoms with Gasteiger partial charge in [0.05, 0.1) is 17.5 Å². The van der Waals surface area contributed by atoms with Gasteiger partial charge in [-0.15, -0.1) is 0 Å². The number of aromatic amines is 1. The Labute approximate surface area is 171 Å². The molecule has 13 heteroatoms. The number of alkyl halides is 6. The summed E-state index contributed by atoms with van der Waals surface area (Å²) in [5, 5.41) is 18.9. The molecule has 0 aromatic carbocycles. The monoisotopic (exact) mass is 449 g/mol. The van der Waals surface area contributed by atoms with E-state index in [-0.39, 0.29) is 11.5 Å². The van der Waals surface area contributed by atoms with E-state index in [1.54, 1.807) is 4.90 Å². The van der Waals surface area contributed by atoms with Crippen LogP contribution < -0.4 is 10.2 Å². The number of aliphatic hydroxyl groups is 1. The molecule has 2 aliphatic heterocycles. The summed E-state index contributed by atoms with van der Waals surface area (Å²) < 4.78 is 79.0. The number of nitrogens with one attached hydrogen (secondary N) is 2. The fourth-order valence-electron chi connectivity index (χ4n) is 4.04. The molecule has 1 amide bonds. The molecule has 31 heavy (non-hydrogen) atoms. The first-order chi connectivity index (χ1) is 14.4. The Balaban J connectivity index is 1.54. The number of hydrogen-bond acceptors (Lipinski definition) is 5. The van der Waals surface area contributed by atoms with Crippen LogP contribution in [-0.2, 0) is 16.6 Å². The van der Waals surface area contributed by atoms with Crippen LogP contribution >= 0.6 is 0 Å². The molecule has 2 aliphatic rings. The Morgan fingerprint density at radius 1 is 1.13 bits per heavy atom. The number of carbonyl (C=O) groups is 1. The Kier molecular flexibility index (Phi) is 4.91. The highest BCUT2D eigenvalue weighted by Crippen LogP contribution is 2.49. The third-order valence-electron chi connectivity index (χ3n) is 5.65. The lowest BCUT2D eigenvalue weighted by Crippen LogP contribution is -2.48. The van der Waals surface area contributed by atoms with Gasteiger partial charge in [-0.25, -0.2) is 4.98 Å². The third-order valence-corrected chi connectivity index (χ3v) is 5.65. The summed E-state index contributed by atoms with van der Waals surface area (Å²) in [6.07, 6.45) is -9.31. The number of rotatable bonds is 2. The van der Waals surface area contributed by atoms with E-state index >= 15 is 0 Å². The Bertz CT molecular complexity index is 979. The van der Waals surface area contributed by atoms with Crippen LogP contribution in [-0.4, -0.2) is 45.5 Å². The first-order valence-electron chi connectivity index (χ1n) is 9.36. The number of hydrogen-bond donors (Lipinski definition) is 3. The predicted octanol–water partition coefficient (Wildman–Crippen LogP) is 3.30. The standard InChI is InChI=1S/C18H17F6N5O2/c19-17(20,21)10-1-2-11(25-8-10)29-5-3-9(4-6-29)14-13-15(28-27-14)26-12(30)7-16(13,31)18(22,23)24/h1-2,8-9,31H,3-7H2,(H2,26,27,28,30)/t16-/m0/s1. The second-order valence-electron chi connectivity index (χ2n) is 7.61. The summed E-state index contributed by atoms with van der Waals surface area (Å²) >= 11 is 0. The number of carbonyl (C=O) groups excluding carboxylic acids is 1. The van der Waals surface area contributed by atoms with Crippen molar-refractivity contribution in [3.8, 4) is 0 Å². The summed E-state index contributed by atoms with van der Waals surface area (Å²) in [6, 6.07) is 2.17. The second kappa shape index (κ2) is 7.11. The van der Waals surface area contributed by atoms with Gasteiger partial charge in [0.15, 0.2) is 11.4 Å². The lowest BCUT2D eigenvalue weighted by molar-refractivity contribution is -0.267. The minimum atomic E-state index is -5.08. The lowest BCUT2D eigenvalue weighted by Gasteiger charge is -2.37. The molecule has 0 saturated carbocycles. The molecule has 0 unspecified atom stereocenters. The molecule has 7 nitrogen and oxygen atoms in total. The van der Waals surface area contributed by atoms with E-state index in [1.165, 1.54) is 6.07 Å². The zero-order valence-electron chi connectivity index (χ0n) is 15.8. The normalized spacial score (nSPS) is 22.9. The molecular weight excluding hydrogens is 432 g/mol. The molecule has 3 N–H and O–H groups in total. The molecule has 1 atom stereocenters. The number of piperidine rings is 1. The largest absolute Gasteiger partial charge is 0.422 e. The van der Waals surface area contributed by atoms with Crippen molar-refractivity contribution in [1.82, 2.24) is 15.2 Å². The van der Waals surface area contributed by atoms with Crippen molar-refractivity contribution >= 4 is 17.5 Å². The van der Waals surface area contributed by atoms with Crippen LogP contribution in [0.25, 0.3) is 0 Å². The van der Waals surface area contributed by atoms with E-state index in [9.17, 15) is 36.2 Å². The second-order valence-corrected chi connectivity index (χ2v) is 7.61. The minimum absolute atomic E-state index is 0.0925. The van der Waals surface area contributed by atoms with Gasteiger partial charge >= 0.3 is 12.4 Å². The van der Waals surface area contributed by atoms with Gasteiger partial charge in [0.1, 0.15) is 5.82 Å². The van der Waals surface area contributed by atoms with Gasteiger partial charge < -0.3 is 15.3 Å². The van der Waals surface area contributed by atoms with E-state index in [4.69, 9.17) is 0 Å². The highest BCUT2D eigenvalue weighted by Gasteiger charge is 2.61. The van der Waals surface area contributed by atoms with Gasteiger partial charge in [-0.05, 0) is 25.0 Å². The fraction of sp³-hybridized carbons (Fsp3) is 0.500. The maximum absolute atomic E-state index is 13.6. The van der Waals surface area contributed by atoms with Crippen LogP contribution in [0.1, 0.15) is 42.0 Å². The SMILES string of the molecule is O=C1C[C@@](O)(C(F)(F)F)c2c(n[nH]c2C2CCN(c3ccc(C(F)(F)F)cn3)CC2)N1. The summed E-state index contributed by atoms with van der Waals surface area (Å²) in [7, 11) is 0. The van der Waals surface area contributed by atoms with Crippen molar-refractivity contribution in [2.24, 2.45) is 0 Å². The molecule has 168 valence electrons. The number of amides is 1. The number of halogens is 6. The zero-order valence-corrected chi connectivity index (χ0v) is 15.8. The van der Waals surface area contributed by atoms with E-state index in [2.05, 4.69) is 20.5 Å². The van der Waals surface area contributed by atoms with Crippen LogP contribution in [0.2, 0.25) is 0 Å². The van der Waals surface area contributed by atoms with E-state index in [0.717, 1.165) is 12.3 Å². The molecule has 2 aromatic heterocycles. The van der Waals surface area contributed by atoms with Crippen LogP contribution in [0.3, 0.4) is 0 Å². The third kappa shape index (κ3) is 3.70. The van der Waals surface area contributed by atoms with Gasteiger partial charge in [-0.1, -0.05) is 0 Å². The van der Waals surface area contributed by atoms with Crippen molar-refractivity contribution in [3.63, 3.8) is 0 Å². The average molecular weight is 449 g/mol. The van der Waals surface area contributed by atoms with Crippen molar-refractivity contribution < 1.29 is 36.2 Å². The van der Waals surface area contributed by atoms with Crippen LogP contribution in [0.5, 0.6) is 0 Å². The number of aromatic nitrogens is 3. The molecule has 0 spiro atoms. The molecule has 4 rings (SSSR count). The van der Waals surface area contributed by atoms with Gasteiger partial charge in [0, 0.05) is 30.9 Å². The maximum atomic E-state index is 13.6. The smallest absolute Gasteiger partial charge is 0.376 e. The molecule has 0 radical (unpaired) electrons. The van der Waals surface area contributed by atoms with Gasteiger partial charge in [0.25, 0.3) is 0 Å². The number of fused-ring (bicyclic) bond motifs is 1. The first-order valence-corrected chi connectivity index (χ1v) is 9.36. The Morgan fingerprint density at radius 2 is 1.81 bits per heavy atom. The summed E-state index contributed by atoms with van der Waals surface area (Å²) in [5.74, 6) is -1.44. The van der Waals surface area contributed by atoms with E-state index in [0.29, 0.717) is 31.7 Å². The number of pyridine rings is 1. The highest BCUT2D eigenvalue weighted by molar-refractivity contribution is 5.94. The molecule has 1 saturated heterocycles. The van der Waals surface area contributed by atoms with Crippen molar-refractivity contribution in [2.75, 3.05) is 23.3 Å². The minimum Gasteiger partial charge on any atom is -0.376 e. The first kappa shape index (κ1) is 21.4. The topological polar surface area (TPSA) is 94.1 Å². The number of H-pyrrole nitrogens is 1. The lowest BCUT2D eigenvalue weighted by atomic mass is 9.81. The Morgan fingerprint density at radius 3 is 2.35 bits per heavy atom. The average Bonchev–Trinajstić information content (AvgIpc) is 3.11. The van der Waals surface area contributed by atoms with E-state index in [1.807, 2.05) is 0 Å². The van der Waals surface area contributed by atoms with Gasteiger partial charge in [-0.3, -0.25) is 9.89 Å². The quantitative estimate of drug-likeness (QED) is 0.612. The number of anilines is 2. The molecule has 2 aromatic rings. The van der Waals surface area contributed by atoms with Crippen LogP contribution in [0.4, 0.5) is 38.0 Å². The summed E-state index contributed by atoms with van der Waals surface area (Å²) in [5.41, 5.74) is -4.61.